The van der Waals surface area contributed by atoms with E-state index in [0.29, 0.717) is 10.8 Å². The first-order valence-corrected chi connectivity index (χ1v) is 4.65. The minimum absolute atomic E-state index is 0.571. The number of hydrogen-bond donors (Lipinski definition) is 0. The monoisotopic (exact) mass is 148 g/mol. The minimum atomic E-state index is 0.571. The van der Waals surface area contributed by atoms with Gasteiger partial charge in [-0.3, -0.25) is 0 Å². The van der Waals surface area contributed by atoms with Crippen molar-refractivity contribution < 1.29 is 0 Å². The first-order chi connectivity index (χ1) is 4.97. The summed E-state index contributed by atoms with van der Waals surface area (Å²) in [5.74, 6) is 0.993. The Labute approximate surface area is 68.7 Å². The Bertz CT molecular complexity index is 274. The van der Waals surface area contributed by atoms with E-state index in [0.717, 1.165) is 11.3 Å². The molecule has 3 aliphatic rings. The zero-order valence-corrected chi connectivity index (χ0v) is 7.70. The van der Waals surface area contributed by atoms with Gasteiger partial charge in [0.2, 0.25) is 0 Å². The molecule has 0 aromatic rings. The lowest BCUT2D eigenvalue weighted by Gasteiger charge is -2.14. The van der Waals surface area contributed by atoms with Crippen molar-refractivity contribution in [1.29, 1.82) is 0 Å². The van der Waals surface area contributed by atoms with Crippen LogP contribution in [-0.2, 0) is 0 Å². The summed E-state index contributed by atoms with van der Waals surface area (Å²) < 4.78 is 0. The molecule has 0 N–H and O–H groups in total. The van der Waals surface area contributed by atoms with Crippen LogP contribution in [0.5, 0.6) is 0 Å². The highest BCUT2D eigenvalue weighted by atomic mass is 14.9. The number of allylic oxidation sites excluding steroid dienone is 1. The lowest BCUT2D eigenvalue weighted by Crippen LogP contribution is -2.05. The molecule has 0 amide bonds. The van der Waals surface area contributed by atoms with Gasteiger partial charge in [-0.15, -0.1) is 0 Å². The smallest absolute Gasteiger partial charge is 0.00482 e. The predicted octanol–water partition coefficient (Wildman–Crippen LogP) is 3.00. The SMILES string of the molecule is C=C1CC2C(C)(C)C23CC13C. The van der Waals surface area contributed by atoms with E-state index in [1.54, 1.807) is 5.57 Å². The molecule has 3 atom stereocenters. The summed E-state index contributed by atoms with van der Waals surface area (Å²) in [6.07, 6.45) is 2.76. The van der Waals surface area contributed by atoms with E-state index in [-0.39, 0.29) is 0 Å². The normalized spacial score (nSPS) is 62.1. The highest BCUT2D eigenvalue weighted by Gasteiger charge is 2.91. The van der Waals surface area contributed by atoms with Crippen molar-refractivity contribution >= 4 is 0 Å². The second-order valence-corrected chi connectivity index (χ2v) is 5.56. The Kier molecular flexibility index (Phi) is 0.641. The summed E-state index contributed by atoms with van der Waals surface area (Å²) in [5, 5.41) is 0. The van der Waals surface area contributed by atoms with E-state index >= 15 is 0 Å². The third-order valence-electron chi connectivity index (χ3n) is 5.26. The third-order valence-corrected chi connectivity index (χ3v) is 5.26. The van der Waals surface area contributed by atoms with Crippen molar-refractivity contribution in [3.05, 3.63) is 12.2 Å². The predicted molar refractivity (Wildman–Crippen MR) is 46.2 cm³/mol. The first-order valence-electron chi connectivity index (χ1n) is 4.65. The van der Waals surface area contributed by atoms with Crippen LogP contribution in [0.25, 0.3) is 0 Å². The molecule has 3 fully saturated rings. The maximum atomic E-state index is 4.19. The van der Waals surface area contributed by atoms with E-state index < -0.39 is 0 Å². The molecule has 3 aliphatic carbocycles. The van der Waals surface area contributed by atoms with Crippen molar-refractivity contribution in [3.8, 4) is 0 Å². The van der Waals surface area contributed by atoms with Crippen LogP contribution in [0.1, 0.15) is 33.6 Å². The van der Waals surface area contributed by atoms with Crippen molar-refractivity contribution in [1.82, 2.24) is 0 Å². The fourth-order valence-electron chi connectivity index (χ4n) is 4.27. The molecule has 3 unspecified atom stereocenters. The Balaban J connectivity index is 2.12. The van der Waals surface area contributed by atoms with Crippen LogP contribution in [0.3, 0.4) is 0 Å². The van der Waals surface area contributed by atoms with Gasteiger partial charge in [-0.25, -0.2) is 0 Å². The fraction of sp³-hybridized carbons (Fsp3) is 0.818. The molecular formula is C11H16. The van der Waals surface area contributed by atoms with Crippen LogP contribution in [0.15, 0.2) is 12.2 Å². The zero-order valence-electron chi connectivity index (χ0n) is 7.70. The maximum Gasteiger partial charge on any atom is -0.00482 e. The lowest BCUT2D eigenvalue weighted by atomic mass is 9.90. The second kappa shape index (κ2) is 1.12. The van der Waals surface area contributed by atoms with Gasteiger partial charge in [0.25, 0.3) is 0 Å². The molecule has 0 heteroatoms. The van der Waals surface area contributed by atoms with E-state index in [1.807, 2.05) is 0 Å². The van der Waals surface area contributed by atoms with Gasteiger partial charge in [-0.2, -0.15) is 0 Å². The quantitative estimate of drug-likeness (QED) is 0.463. The summed E-state index contributed by atoms with van der Waals surface area (Å²) in [7, 11) is 0. The first kappa shape index (κ1) is 6.28. The van der Waals surface area contributed by atoms with Crippen molar-refractivity contribution in [2.24, 2.45) is 22.2 Å². The standard InChI is InChI=1S/C11H16/c1-7-5-8-9(2,3)11(8)6-10(7,11)4/h8H,1,5-6H2,2-4H3. The summed E-state index contributed by atoms with van der Waals surface area (Å²) in [5.41, 5.74) is 3.50. The molecule has 0 bridgehead atoms. The van der Waals surface area contributed by atoms with Crippen LogP contribution in [0.2, 0.25) is 0 Å². The molecule has 0 aromatic carbocycles. The maximum absolute atomic E-state index is 4.19. The van der Waals surface area contributed by atoms with Crippen LogP contribution in [0, 0.1) is 22.2 Å². The van der Waals surface area contributed by atoms with Gasteiger partial charge in [0.05, 0.1) is 0 Å². The lowest BCUT2D eigenvalue weighted by molar-refractivity contribution is 0.448. The van der Waals surface area contributed by atoms with Crippen molar-refractivity contribution in [3.63, 3.8) is 0 Å². The highest BCUT2D eigenvalue weighted by molar-refractivity contribution is 5.48. The molecule has 60 valence electrons. The number of hydrogen-bond acceptors (Lipinski definition) is 0. The average molecular weight is 148 g/mol. The van der Waals surface area contributed by atoms with Crippen LogP contribution >= 0.6 is 0 Å². The van der Waals surface area contributed by atoms with Gasteiger partial charge in [0.15, 0.2) is 0 Å². The second-order valence-electron chi connectivity index (χ2n) is 5.56. The largest absolute Gasteiger partial charge is 0.0993 e. The molecule has 3 rings (SSSR count). The van der Waals surface area contributed by atoms with Crippen molar-refractivity contribution in [2.75, 3.05) is 0 Å². The van der Waals surface area contributed by atoms with Crippen LogP contribution < -0.4 is 0 Å². The molecule has 11 heavy (non-hydrogen) atoms. The molecule has 0 radical (unpaired) electrons. The van der Waals surface area contributed by atoms with Gasteiger partial charge in [0.1, 0.15) is 0 Å². The highest BCUT2D eigenvalue weighted by Crippen LogP contribution is 2.97. The summed E-state index contributed by atoms with van der Waals surface area (Å²) >= 11 is 0. The summed E-state index contributed by atoms with van der Waals surface area (Å²) in [4.78, 5) is 0. The van der Waals surface area contributed by atoms with Crippen LogP contribution in [-0.4, -0.2) is 0 Å². The van der Waals surface area contributed by atoms with Crippen molar-refractivity contribution in [2.45, 2.75) is 33.6 Å². The molecular weight excluding hydrogens is 132 g/mol. The van der Waals surface area contributed by atoms with Gasteiger partial charge >= 0.3 is 0 Å². The third kappa shape index (κ3) is 0.335. The molecule has 1 spiro atoms. The summed E-state index contributed by atoms with van der Waals surface area (Å²) in [6, 6.07) is 0. The van der Waals surface area contributed by atoms with E-state index in [1.165, 1.54) is 12.8 Å². The fourth-order valence-corrected chi connectivity index (χ4v) is 4.27. The minimum Gasteiger partial charge on any atom is -0.0993 e. The summed E-state index contributed by atoms with van der Waals surface area (Å²) in [6.45, 7) is 11.5. The van der Waals surface area contributed by atoms with Gasteiger partial charge in [-0.05, 0) is 35.0 Å². The molecule has 0 aliphatic heterocycles. The van der Waals surface area contributed by atoms with E-state index in [2.05, 4.69) is 27.4 Å². The van der Waals surface area contributed by atoms with E-state index in [9.17, 15) is 0 Å². The Hall–Kier alpha value is -0.260. The average Bonchev–Trinajstić information content (AvgIpc) is 2.60. The molecule has 0 saturated heterocycles. The van der Waals surface area contributed by atoms with E-state index in [4.69, 9.17) is 0 Å². The molecule has 0 heterocycles. The van der Waals surface area contributed by atoms with Gasteiger partial charge in [0, 0.05) is 0 Å². The Morgan fingerprint density at radius 3 is 2.27 bits per heavy atom. The Morgan fingerprint density at radius 1 is 1.36 bits per heavy atom. The zero-order chi connectivity index (χ0) is 8.07. The molecule has 3 saturated carbocycles. The topological polar surface area (TPSA) is 0 Å². The Morgan fingerprint density at radius 2 is 2.00 bits per heavy atom. The van der Waals surface area contributed by atoms with Crippen LogP contribution in [0.4, 0.5) is 0 Å². The molecule has 0 aromatic heterocycles. The van der Waals surface area contributed by atoms with Gasteiger partial charge < -0.3 is 0 Å². The van der Waals surface area contributed by atoms with Gasteiger partial charge in [-0.1, -0.05) is 32.9 Å². The molecule has 0 nitrogen and oxygen atoms in total. The number of rotatable bonds is 0.